The molecule has 1 unspecified atom stereocenters. The van der Waals surface area contributed by atoms with Crippen LogP contribution < -0.4 is 10.1 Å². The molecule has 0 aliphatic carbocycles. The monoisotopic (exact) mass is 276 g/mol. The van der Waals surface area contributed by atoms with Crippen molar-refractivity contribution in [1.29, 1.82) is 0 Å². The van der Waals surface area contributed by atoms with Crippen molar-refractivity contribution in [2.45, 2.75) is 32.2 Å². The molecule has 20 heavy (non-hydrogen) atoms. The summed E-state index contributed by atoms with van der Waals surface area (Å²) in [5.41, 5.74) is 1.04. The second-order valence-electron chi connectivity index (χ2n) is 5.20. The fourth-order valence-electron chi connectivity index (χ4n) is 2.76. The molecule has 0 bridgehead atoms. The first-order chi connectivity index (χ1) is 9.74. The molecule has 0 spiro atoms. The van der Waals surface area contributed by atoms with E-state index in [0.29, 0.717) is 12.5 Å². The highest BCUT2D eigenvalue weighted by Crippen LogP contribution is 2.15. The Balaban J connectivity index is 1.97. The number of nitrogens with one attached hydrogen (secondary N) is 1. The van der Waals surface area contributed by atoms with Gasteiger partial charge in [-0.25, -0.2) is 0 Å². The van der Waals surface area contributed by atoms with Crippen LogP contribution >= 0.6 is 0 Å². The molecule has 4 heteroatoms. The molecule has 110 valence electrons. The number of carbonyl (C=O) groups excluding carboxylic acids is 1. The Morgan fingerprint density at radius 2 is 2.15 bits per heavy atom. The Kier molecular flexibility index (Phi) is 5.41. The average molecular weight is 276 g/mol. The molecule has 1 aliphatic rings. The first kappa shape index (κ1) is 14.9. The number of hydrogen-bond donors (Lipinski definition) is 1. The van der Waals surface area contributed by atoms with Gasteiger partial charge in [-0.3, -0.25) is 4.79 Å². The minimum atomic E-state index is 0.214. The highest BCUT2D eigenvalue weighted by Gasteiger charge is 2.23. The van der Waals surface area contributed by atoms with Crippen LogP contribution in [0.4, 0.5) is 0 Å². The van der Waals surface area contributed by atoms with Crippen molar-refractivity contribution < 1.29 is 9.53 Å². The van der Waals surface area contributed by atoms with Crippen LogP contribution in [-0.2, 0) is 11.2 Å². The van der Waals surface area contributed by atoms with E-state index < -0.39 is 0 Å². The lowest BCUT2D eigenvalue weighted by Crippen LogP contribution is -2.49. The number of nitrogens with zero attached hydrogens (tertiary/aromatic N) is 1. The van der Waals surface area contributed by atoms with Crippen molar-refractivity contribution in [3.63, 3.8) is 0 Å². The SMILES string of the molecule is CCN(C(=O)Cc1ccc(OC)cc1)C1CCCNC1. The lowest BCUT2D eigenvalue weighted by atomic mass is 10.0. The summed E-state index contributed by atoms with van der Waals surface area (Å²) in [6, 6.07) is 8.08. The number of carbonyl (C=O) groups is 1. The molecular weight excluding hydrogens is 252 g/mol. The number of rotatable bonds is 5. The molecule has 1 atom stereocenters. The van der Waals surface area contributed by atoms with E-state index in [1.165, 1.54) is 0 Å². The van der Waals surface area contributed by atoms with E-state index in [0.717, 1.165) is 43.8 Å². The van der Waals surface area contributed by atoms with Crippen LogP contribution in [0.3, 0.4) is 0 Å². The van der Waals surface area contributed by atoms with Gasteiger partial charge in [-0.15, -0.1) is 0 Å². The van der Waals surface area contributed by atoms with Gasteiger partial charge in [0.15, 0.2) is 0 Å². The first-order valence-electron chi connectivity index (χ1n) is 7.37. The normalized spacial score (nSPS) is 18.6. The van der Waals surface area contributed by atoms with Gasteiger partial charge in [0.1, 0.15) is 5.75 Å². The largest absolute Gasteiger partial charge is 0.497 e. The van der Waals surface area contributed by atoms with Crippen molar-refractivity contribution in [3.8, 4) is 5.75 Å². The molecule has 1 saturated heterocycles. The quantitative estimate of drug-likeness (QED) is 0.892. The summed E-state index contributed by atoms with van der Waals surface area (Å²) in [5, 5.41) is 3.37. The molecule has 0 aromatic heterocycles. The smallest absolute Gasteiger partial charge is 0.227 e. The molecule has 0 saturated carbocycles. The van der Waals surface area contributed by atoms with E-state index in [1.807, 2.05) is 29.2 Å². The van der Waals surface area contributed by atoms with E-state index in [9.17, 15) is 4.79 Å². The zero-order valence-corrected chi connectivity index (χ0v) is 12.4. The molecule has 4 nitrogen and oxygen atoms in total. The number of hydrogen-bond acceptors (Lipinski definition) is 3. The van der Waals surface area contributed by atoms with Crippen LogP contribution in [-0.4, -0.2) is 43.6 Å². The van der Waals surface area contributed by atoms with Gasteiger partial charge in [-0.2, -0.15) is 0 Å². The van der Waals surface area contributed by atoms with Crippen LogP contribution in [0.25, 0.3) is 0 Å². The van der Waals surface area contributed by atoms with Crippen molar-refractivity contribution in [2.24, 2.45) is 0 Å². The molecule has 1 aromatic rings. The molecule has 1 fully saturated rings. The summed E-state index contributed by atoms with van der Waals surface area (Å²) in [6.07, 6.45) is 2.72. The molecule has 1 heterocycles. The van der Waals surface area contributed by atoms with Gasteiger partial charge in [0.2, 0.25) is 5.91 Å². The maximum absolute atomic E-state index is 12.5. The maximum atomic E-state index is 12.5. The third-order valence-corrected chi connectivity index (χ3v) is 3.89. The van der Waals surface area contributed by atoms with Crippen LogP contribution in [0.5, 0.6) is 5.75 Å². The van der Waals surface area contributed by atoms with Gasteiger partial charge < -0.3 is 15.0 Å². The average Bonchev–Trinajstić information content (AvgIpc) is 2.50. The fraction of sp³-hybridized carbons (Fsp3) is 0.562. The highest BCUT2D eigenvalue weighted by molar-refractivity contribution is 5.79. The van der Waals surface area contributed by atoms with Crippen LogP contribution in [0.1, 0.15) is 25.3 Å². The summed E-state index contributed by atoms with van der Waals surface area (Å²) >= 11 is 0. The Labute approximate surface area is 121 Å². The van der Waals surface area contributed by atoms with Gasteiger partial charge in [-0.1, -0.05) is 12.1 Å². The van der Waals surface area contributed by atoms with Crippen LogP contribution in [0.2, 0.25) is 0 Å². The van der Waals surface area contributed by atoms with Crippen molar-refractivity contribution >= 4 is 5.91 Å². The van der Waals surface area contributed by atoms with Gasteiger partial charge >= 0.3 is 0 Å². The summed E-state index contributed by atoms with van der Waals surface area (Å²) in [6.45, 7) is 4.82. The molecule has 1 amide bonds. The predicted molar refractivity (Wildman–Crippen MR) is 80.0 cm³/mol. The van der Waals surface area contributed by atoms with E-state index in [2.05, 4.69) is 12.2 Å². The summed E-state index contributed by atoms with van der Waals surface area (Å²) in [5.74, 6) is 1.04. The summed E-state index contributed by atoms with van der Waals surface area (Å²) in [4.78, 5) is 14.5. The topological polar surface area (TPSA) is 41.6 Å². The van der Waals surface area contributed by atoms with Crippen LogP contribution in [0.15, 0.2) is 24.3 Å². The maximum Gasteiger partial charge on any atom is 0.227 e. The second-order valence-corrected chi connectivity index (χ2v) is 5.20. The molecule has 1 N–H and O–H groups in total. The highest BCUT2D eigenvalue weighted by atomic mass is 16.5. The van der Waals surface area contributed by atoms with E-state index in [-0.39, 0.29) is 5.91 Å². The van der Waals surface area contributed by atoms with Gasteiger partial charge in [0.25, 0.3) is 0 Å². The fourth-order valence-corrected chi connectivity index (χ4v) is 2.76. The number of amides is 1. The van der Waals surface area contributed by atoms with Gasteiger partial charge in [0.05, 0.1) is 13.5 Å². The lowest BCUT2D eigenvalue weighted by molar-refractivity contribution is -0.132. The first-order valence-corrected chi connectivity index (χ1v) is 7.37. The number of likely N-dealkylation sites (N-methyl/N-ethyl adjacent to an activating group) is 1. The van der Waals surface area contributed by atoms with E-state index in [1.54, 1.807) is 7.11 Å². The molecular formula is C16H24N2O2. The van der Waals surface area contributed by atoms with Gasteiger partial charge in [-0.05, 0) is 44.0 Å². The number of benzene rings is 1. The van der Waals surface area contributed by atoms with Gasteiger partial charge in [0, 0.05) is 19.1 Å². The second kappa shape index (κ2) is 7.29. The zero-order chi connectivity index (χ0) is 14.4. The lowest BCUT2D eigenvalue weighted by Gasteiger charge is -2.34. The summed E-state index contributed by atoms with van der Waals surface area (Å²) in [7, 11) is 1.65. The molecule has 1 aromatic carbocycles. The Morgan fingerprint density at radius 3 is 2.70 bits per heavy atom. The Bertz CT molecular complexity index is 425. The van der Waals surface area contributed by atoms with Crippen molar-refractivity contribution in [2.75, 3.05) is 26.7 Å². The third kappa shape index (κ3) is 3.73. The van der Waals surface area contributed by atoms with E-state index >= 15 is 0 Å². The van der Waals surface area contributed by atoms with Crippen molar-refractivity contribution in [3.05, 3.63) is 29.8 Å². The predicted octanol–water partition coefficient (Wildman–Crippen LogP) is 1.84. The Morgan fingerprint density at radius 1 is 1.40 bits per heavy atom. The number of ether oxygens (including phenoxy) is 1. The van der Waals surface area contributed by atoms with E-state index in [4.69, 9.17) is 4.74 Å². The number of methoxy groups -OCH3 is 1. The molecule has 2 rings (SSSR count). The summed E-state index contributed by atoms with van der Waals surface area (Å²) < 4.78 is 5.13. The number of piperidine rings is 1. The third-order valence-electron chi connectivity index (χ3n) is 3.89. The molecule has 0 radical (unpaired) electrons. The zero-order valence-electron chi connectivity index (χ0n) is 12.4. The minimum Gasteiger partial charge on any atom is -0.497 e. The van der Waals surface area contributed by atoms with Crippen molar-refractivity contribution in [1.82, 2.24) is 10.2 Å². The van der Waals surface area contributed by atoms with Crippen LogP contribution in [0, 0.1) is 0 Å². The molecule has 1 aliphatic heterocycles. The Hall–Kier alpha value is -1.55. The minimum absolute atomic E-state index is 0.214. The standard InChI is InChI=1S/C16H24N2O2/c1-3-18(14-5-4-10-17-12-14)16(19)11-13-6-8-15(20-2)9-7-13/h6-9,14,17H,3-5,10-12H2,1-2H3.